The second-order valence-corrected chi connectivity index (χ2v) is 3.98. The van der Waals surface area contributed by atoms with Gasteiger partial charge in [0.25, 0.3) is 5.60 Å². The number of esters is 1. The highest BCUT2D eigenvalue weighted by Crippen LogP contribution is 2.40. The first-order chi connectivity index (χ1) is 9.66. The van der Waals surface area contributed by atoms with Crippen LogP contribution < -0.4 is 10.6 Å². The van der Waals surface area contributed by atoms with Crippen LogP contribution in [0.2, 0.25) is 0 Å². The van der Waals surface area contributed by atoms with Crippen LogP contribution in [0, 0.1) is 0 Å². The van der Waals surface area contributed by atoms with E-state index in [0.717, 1.165) is 31.4 Å². The number of rotatable bonds is 3. The van der Waals surface area contributed by atoms with Crippen LogP contribution in [0.4, 0.5) is 23.7 Å². The van der Waals surface area contributed by atoms with E-state index in [1.807, 2.05) is 0 Å². The van der Waals surface area contributed by atoms with E-state index in [2.05, 4.69) is 15.4 Å². The van der Waals surface area contributed by atoms with Gasteiger partial charge in [-0.15, -0.1) is 0 Å². The molecule has 0 aliphatic rings. The molecule has 0 aliphatic carbocycles. The Labute approximate surface area is 117 Å². The number of hydrogen-bond donors (Lipinski definition) is 3. The van der Waals surface area contributed by atoms with Gasteiger partial charge in [-0.1, -0.05) is 12.1 Å². The number of urea groups is 1. The standard InChI is InChI=1S/C12H13F3N2O4/c1-16-10(19)17-8-5-3-7(4-6-8)11(20,9(18)21-2)12(13,14)15/h3-6,20H,1-2H3,(H2,16,17,19)/t11-/m0/s1. The molecule has 0 fully saturated rings. The van der Waals surface area contributed by atoms with Gasteiger partial charge >= 0.3 is 18.2 Å². The summed E-state index contributed by atoms with van der Waals surface area (Å²) in [6, 6.07) is 3.40. The van der Waals surface area contributed by atoms with Crippen LogP contribution in [-0.2, 0) is 15.1 Å². The lowest BCUT2D eigenvalue weighted by molar-refractivity contribution is -0.266. The number of aliphatic hydroxyl groups is 1. The van der Waals surface area contributed by atoms with E-state index in [0.29, 0.717) is 0 Å². The number of anilines is 1. The Morgan fingerprint density at radius 1 is 1.19 bits per heavy atom. The van der Waals surface area contributed by atoms with E-state index in [9.17, 15) is 27.9 Å². The zero-order valence-electron chi connectivity index (χ0n) is 11.1. The Morgan fingerprint density at radius 2 is 1.71 bits per heavy atom. The number of carbonyl (C=O) groups is 2. The number of amides is 2. The Balaban J connectivity index is 3.17. The van der Waals surface area contributed by atoms with Crippen LogP contribution in [0.1, 0.15) is 5.56 Å². The molecule has 0 radical (unpaired) electrons. The predicted molar refractivity (Wildman–Crippen MR) is 66.5 cm³/mol. The van der Waals surface area contributed by atoms with E-state index in [1.165, 1.54) is 7.05 Å². The first-order valence-electron chi connectivity index (χ1n) is 5.63. The molecule has 0 bridgehead atoms. The van der Waals surface area contributed by atoms with Gasteiger partial charge in [0.2, 0.25) is 0 Å². The summed E-state index contributed by atoms with van der Waals surface area (Å²) in [5, 5.41) is 14.3. The van der Waals surface area contributed by atoms with E-state index >= 15 is 0 Å². The number of hydrogen-bond acceptors (Lipinski definition) is 4. The molecule has 9 heteroatoms. The fraction of sp³-hybridized carbons (Fsp3) is 0.333. The van der Waals surface area contributed by atoms with Crippen molar-refractivity contribution in [3.8, 4) is 0 Å². The van der Waals surface area contributed by atoms with Gasteiger partial charge in [0.05, 0.1) is 7.11 Å². The number of alkyl halides is 3. The largest absolute Gasteiger partial charge is 0.466 e. The summed E-state index contributed by atoms with van der Waals surface area (Å²) in [5.41, 5.74) is -4.30. The molecule has 1 aromatic carbocycles. The van der Waals surface area contributed by atoms with Crippen molar-refractivity contribution in [3.05, 3.63) is 29.8 Å². The van der Waals surface area contributed by atoms with Gasteiger partial charge < -0.3 is 20.5 Å². The van der Waals surface area contributed by atoms with E-state index < -0.39 is 29.3 Å². The van der Waals surface area contributed by atoms with Crippen LogP contribution in [0.15, 0.2) is 24.3 Å². The van der Waals surface area contributed by atoms with Crippen molar-refractivity contribution in [1.82, 2.24) is 5.32 Å². The highest BCUT2D eigenvalue weighted by atomic mass is 19.4. The molecule has 1 aromatic rings. The molecule has 0 aromatic heterocycles. The van der Waals surface area contributed by atoms with Crippen molar-refractivity contribution >= 4 is 17.7 Å². The summed E-state index contributed by atoms with van der Waals surface area (Å²) < 4.78 is 42.9. The molecule has 0 heterocycles. The third-order valence-corrected chi connectivity index (χ3v) is 2.68. The number of methoxy groups -OCH3 is 1. The number of benzene rings is 1. The number of ether oxygens (including phenoxy) is 1. The summed E-state index contributed by atoms with van der Waals surface area (Å²) in [6.07, 6.45) is -5.25. The summed E-state index contributed by atoms with van der Waals surface area (Å²) in [7, 11) is 2.10. The highest BCUT2D eigenvalue weighted by molar-refractivity contribution is 5.89. The Hall–Kier alpha value is -2.29. The van der Waals surface area contributed by atoms with Crippen molar-refractivity contribution in [3.63, 3.8) is 0 Å². The van der Waals surface area contributed by atoms with Crippen LogP contribution >= 0.6 is 0 Å². The van der Waals surface area contributed by atoms with Crippen molar-refractivity contribution in [2.24, 2.45) is 0 Å². The first-order valence-corrected chi connectivity index (χ1v) is 5.63. The second-order valence-electron chi connectivity index (χ2n) is 3.98. The third kappa shape index (κ3) is 3.24. The quantitative estimate of drug-likeness (QED) is 0.736. The Morgan fingerprint density at radius 3 is 2.10 bits per heavy atom. The van der Waals surface area contributed by atoms with Crippen LogP contribution in [0.5, 0.6) is 0 Å². The molecule has 2 amide bonds. The zero-order chi connectivity index (χ0) is 16.3. The fourth-order valence-corrected chi connectivity index (χ4v) is 1.53. The molecule has 116 valence electrons. The molecule has 1 atom stereocenters. The molecule has 0 saturated heterocycles. The van der Waals surface area contributed by atoms with E-state index in [-0.39, 0.29) is 5.69 Å². The summed E-state index contributed by atoms with van der Waals surface area (Å²) in [5.74, 6) is -1.85. The molecule has 6 nitrogen and oxygen atoms in total. The van der Waals surface area contributed by atoms with Crippen molar-refractivity contribution in [2.75, 3.05) is 19.5 Å². The molecule has 0 aliphatic heterocycles. The molecule has 21 heavy (non-hydrogen) atoms. The third-order valence-electron chi connectivity index (χ3n) is 2.68. The topological polar surface area (TPSA) is 87.7 Å². The minimum atomic E-state index is -5.25. The van der Waals surface area contributed by atoms with Gasteiger partial charge in [-0.25, -0.2) is 9.59 Å². The van der Waals surface area contributed by atoms with Crippen molar-refractivity contribution in [2.45, 2.75) is 11.8 Å². The van der Waals surface area contributed by atoms with Crippen molar-refractivity contribution in [1.29, 1.82) is 0 Å². The number of halogens is 3. The smallest absolute Gasteiger partial charge is 0.432 e. The molecule has 0 spiro atoms. The van der Waals surface area contributed by atoms with E-state index in [4.69, 9.17) is 0 Å². The highest BCUT2D eigenvalue weighted by Gasteiger charge is 2.62. The molecular formula is C12H13F3N2O4. The minimum absolute atomic E-state index is 0.187. The summed E-state index contributed by atoms with van der Waals surface area (Å²) in [6.45, 7) is 0. The van der Waals surface area contributed by atoms with Gasteiger partial charge in [-0.2, -0.15) is 13.2 Å². The average Bonchev–Trinajstić information content (AvgIpc) is 2.44. The molecule has 1 rings (SSSR count). The van der Waals surface area contributed by atoms with Crippen LogP contribution in [0.25, 0.3) is 0 Å². The van der Waals surface area contributed by atoms with Crippen LogP contribution in [0.3, 0.4) is 0 Å². The van der Waals surface area contributed by atoms with Gasteiger partial charge in [-0.05, 0) is 12.1 Å². The maximum Gasteiger partial charge on any atom is 0.432 e. The first kappa shape index (κ1) is 16.8. The lowest BCUT2D eigenvalue weighted by atomic mass is 9.93. The Kier molecular flexibility index (Phi) is 4.79. The summed E-state index contributed by atoms with van der Waals surface area (Å²) in [4.78, 5) is 22.4. The van der Waals surface area contributed by atoms with Gasteiger partial charge in [0, 0.05) is 18.3 Å². The SMILES string of the molecule is CNC(=O)Nc1ccc([C@](O)(C(=O)OC)C(F)(F)F)cc1. The lowest BCUT2D eigenvalue weighted by Gasteiger charge is -2.28. The molecule has 3 N–H and O–H groups in total. The molecular weight excluding hydrogens is 293 g/mol. The normalized spacial score (nSPS) is 14.0. The fourth-order valence-electron chi connectivity index (χ4n) is 1.53. The van der Waals surface area contributed by atoms with Gasteiger partial charge in [0.15, 0.2) is 0 Å². The number of carbonyl (C=O) groups excluding carboxylic acids is 2. The average molecular weight is 306 g/mol. The minimum Gasteiger partial charge on any atom is -0.466 e. The maximum atomic E-state index is 13.0. The van der Waals surface area contributed by atoms with E-state index in [1.54, 1.807) is 0 Å². The predicted octanol–water partition coefficient (Wildman–Crippen LogP) is 1.36. The van der Waals surface area contributed by atoms with Gasteiger partial charge in [0.1, 0.15) is 0 Å². The second kappa shape index (κ2) is 6.00. The molecule has 0 saturated carbocycles. The monoisotopic (exact) mass is 306 g/mol. The molecule has 0 unspecified atom stereocenters. The summed E-state index contributed by atoms with van der Waals surface area (Å²) >= 11 is 0. The lowest BCUT2D eigenvalue weighted by Crippen LogP contribution is -2.49. The van der Waals surface area contributed by atoms with Crippen molar-refractivity contribution < 1.29 is 32.6 Å². The van der Waals surface area contributed by atoms with Gasteiger partial charge in [-0.3, -0.25) is 0 Å². The number of nitrogens with one attached hydrogen (secondary N) is 2. The Bertz CT molecular complexity index is 530. The maximum absolute atomic E-state index is 13.0. The van der Waals surface area contributed by atoms with Crippen LogP contribution in [-0.4, -0.2) is 37.4 Å². The zero-order valence-corrected chi connectivity index (χ0v) is 11.1.